The molecule has 1 N–H and O–H groups in total. The minimum atomic E-state index is -0.278. The van der Waals surface area contributed by atoms with E-state index in [1.165, 1.54) is 12.1 Å². The van der Waals surface area contributed by atoms with E-state index in [9.17, 15) is 9.50 Å². The van der Waals surface area contributed by atoms with Gasteiger partial charge in [0.05, 0.1) is 0 Å². The molecule has 0 saturated heterocycles. The molecule has 4 rings (SSSR count). The summed E-state index contributed by atoms with van der Waals surface area (Å²) in [5.41, 5.74) is 5.12. The van der Waals surface area contributed by atoms with E-state index >= 15 is 0 Å². The molecule has 0 aliphatic heterocycles. The zero-order chi connectivity index (χ0) is 17.9. The van der Waals surface area contributed by atoms with Crippen molar-refractivity contribution < 1.29 is 9.50 Å². The molecule has 0 aromatic heterocycles. The third-order valence-corrected chi connectivity index (χ3v) is 4.48. The van der Waals surface area contributed by atoms with E-state index in [1.54, 1.807) is 12.1 Å². The van der Waals surface area contributed by atoms with Gasteiger partial charge in [0.1, 0.15) is 11.6 Å². The molecule has 0 unspecified atom stereocenters. The lowest BCUT2D eigenvalue weighted by molar-refractivity contribution is 0.479. The molecule has 0 atom stereocenters. The maximum atomic E-state index is 13.3. The van der Waals surface area contributed by atoms with Crippen LogP contribution in [0.5, 0.6) is 5.75 Å². The zero-order valence-corrected chi connectivity index (χ0v) is 14.1. The number of rotatable bonds is 3. The number of hydrogen-bond donors (Lipinski definition) is 1. The van der Waals surface area contributed by atoms with Crippen LogP contribution in [0.4, 0.5) is 4.39 Å². The van der Waals surface area contributed by atoms with Crippen LogP contribution in [-0.2, 0) is 0 Å². The van der Waals surface area contributed by atoms with Crippen LogP contribution in [0.15, 0.2) is 97.1 Å². The van der Waals surface area contributed by atoms with E-state index in [4.69, 9.17) is 0 Å². The molecule has 4 aromatic carbocycles. The largest absolute Gasteiger partial charge is 0.507 e. The molecule has 0 spiro atoms. The Morgan fingerprint density at radius 1 is 0.500 bits per heavy atom. The number of phenolic OH excluding ortho intramolecular Hbond substituents is 1. The normalized spacial score (nSPS) is 10.7. The van der Waals surface area contributed by atoms with Crippen molar-refractivity contribution in [3.05, 3.63) is 103 Å². The Bertz CT molecular complexity index is 1020. The van der Waals surface area contributed by atoms with E-state index in [0.717, 1.165) is 33.4 Å². The van der Waals surface area contributed by atoms with Gasteiger partial charge in [-0.05, 0) is 40.5 Å². The van der Waals surface area contributed by atoms with Gasteiger partial charge < -0.3 is 5.11 Å². The summed E-state index contributed by atoms with van der Waals surface area (Å²) in [5, 5.41) is 11.1. The minimum absolute atomic E-state index is 0.226. The summed E-state index contributed by atoms with van der Waals surface area (Å²) in [7, 11) is 0. The maximum absolute atomic E-state index is 13.3. The van der Waals surface area contributed by atoms with Gasteiger partial charge in [-0.15, -0.1) is 0 Å². The van der Waals surface area contributed by atoms with Gasteiger partial charge in [-0.1, -0.05) is 78.9 Å². The monoisotopic (exact) mass is 340 g/mol. The van der Waals surface area contributed by atoms with Gasteiger partial charge in [-0.3, -0.25) is 0 Å². The van der Waals surface area contributed by atoms with Crippen LogP contribution in [0.1, 0.15) is 0 Å². The highest BCUT2D eigenvalue weighted by molar-refractivity contribution is 5.93. The van der Waals surface area contributed by atoms with Crippen LogP contribution in [0.2, 0.25) is 0 Å². The summed E-state index contributed by atoms with van der Waals surface area (Å²) in [6.07, 6.45) is 0. The van der Waals surface area contributed by atoms with Crippen molar-refractivity contribution in [3.8, 4) is 39.1 Å². The third-order valence-electron chi connectivity index (χ3n) is 4.48. The van der Waals surface area contributed by atoms with Crippen molar-refractivity contribution in [3.63, 3.8) is 0 Å². The maximum Gasteiger partial charge on any atom is 0.131 e. The first-order valence-electron chi connectivity index (χ1n) is 8.47. The molecular weight excluding hydrogens is 323 g/mol. The van der Waals surface area contributed by atoms with Crippen LogP contribution < -0.4 is 0 Å². The SMILES string of the molecule is Oc1c(-c2ccccc2)ccc(-c2ccc(F)cc2)c1-c1ccccc1. The van der Waals surface area contributed by atoms with Crippen molar-refractivity contribution in [1.29, 1.82) is 0 Å². The first-order chi connectivity index (χ1) is 12.7. The van der Waals surface area contributed by atoms with Gasteiger partial charge in [-0.25, -0.2) is 4.39 Å². The lowest BCUT2D eigenvalue weighted by Gasteiger charge is -2.16. The van der Waals surface area contributed by atoms with Crippen molar-refractivity contribution >= 4 is 0 Å². The van der Waals surface area contributed by atoms with E-state index in [-0.39, 0.29) is 11.6 Å². The standard InChI is InChI=1S/C24H17FO/c25-20-13-11-18(12-14-20)21-15-16-22(17-7-3-1-4-8-17)24(26)23(21)19-9-5-2-6-10-19/h1-16,26H. The summed E-state index contributed by atoms with van der Waals surface area (Å²) in [6, 6.07) is 29.8. The molecule has 0 saturated carbocycles. The fourth-order valence-electron chi connectivity index (χ4n) is 3.21. The Morgan fingerprint density at radius 3 is 1.62 bits per heavy atom. The summed E-state index contributed by atoms with van der Waals surface area (Å²) in [4.78, 5) is 0. The van der Waals surface area contributed by atoms with Crippen molar-refractivity contribution in [2.24, 2.45) is 0 Å². The second kappa shape index (κ2) is 6.85. The van der Waals surface area contributed by atoms with Crippen LogP contribution in [0.25, 0.3) is 33.4 Å². The summed E-state index contributed by atoms with van der Waals surface area (Å²) in [6.45, 7) is 0. The minimum Gasteiger partial charge on any atom is -0.507 e. The molecule has 1 nitrogen and oxygen atoms in total. The first kappa shape index (κ1) is 16.1. The molecule has 0 heterocycles. The second-order valence-electron chi connectivity index (χ2n) is 6.12. The number of hydrogen-bond acceptors (Lipinski definition) is 1. The van der Waals surface area contributed by atoms with Crippen LogP contribution in [0, 0.1) is 5.82 Å². The topological polar surface area (TPSA) is 20.2 Å². The van der Waals surface area contributed by atoms with Crippen molar-refractivity contribution in [1.82, 2.24) is 0 Å². The van der Waals surface area contributed by atoms with Gasteiger partial charge in [0.25, 0.3) is 0 Å². The fraction of sp³-hybridized carbons (Fsp3) is 0. The molecule has 126 valence electrons. The summed E-state index contributed by atoms with van der Waals surface area (Å²) in [5.74, 6) is -0.0515. The molecule has 4 aromatic rings. The van der Waals surface area contributed by atoms with Crippen LogP contribution in [-0.4, -0.2) is 5.11 Å². The Hall–Kier alpha value is -3.39. The highest BCUT2D eigenvalue weighted by atomic mass is 19.1. The Balaban J connectivity index is 1.98. The molecule has 0 aliphatic carbocycles. The molecule has 0 bridgehead atoms. The quantitative estimate of drug-likeness (QED) is 0.449. The Morgan fingerprint density at radius 2 is 1.00 bits per heavy atom. The lowest BCUT2D eigenvalue weighted by Crippen LogP contribution is -1.90. The predicted molar refractivity (Wildman–Crippen MR) is 104 cm³/mol. The average molecular weight is 340 g/mol. The number of phenols is 1. The van der Waals surface area contributed by atoms with E-state index in [1.807, 2.05) is 72.8 Å². The zero-order valence-electron chi connectivity index (χ0n) is 14.1. The summed E-state index contributed by atoms with van der Waals surface area (Å²) >= 11 is 0. The highest BCUT2D eigenvalue weighted by Gasteiger charge is 2.16. The predicted octanol–water partition coefficient (Wildman–Crippen LogP) is 6.53. The Kier molecular flexibility index (Phi) is 4.24. The molecule has 2 heteroatoms. The van der Waals surface area contributed by atoms with Crippen LogP contribution in [0.3, 0.4) is 0 Å². The number of benzene rings is 4. The third kappa shape index (κ3) is 2.98. The van der Waals surface area contributed by atoms with Gasteiger partial charge in [0, 0.05) is 11.1 Å². The fourth-order valence-corrected chi connectivity index (χ4v) is 3.21. The molecule has 0 fully saturated rings. The number of halogens is 1. The van der Waals surface area contributed by atoms with Gasteiger partial charge in [0.2, 0.25) is 0 Å². The molecule has 0 radical (unpaired) electrons. The molecule has 0 amide bonds. The van der Waals surface area contributed by atoms with Crippen LogP contribution >= 0.6 is 0 Å². The van der Waals surface area contributed by atoms with Gasteiger partial charge >= 0.3 is 0 Å². The highest BCUT2D eigenvalue weighted by Crippen LogP contribution is 2.44. The van der Waals surface area contributed by atoms with E-state index in [0.29, 0.717) is 0 Å². The van der Waals surface area contributed by atoms with E-state index < -0.39 is 0 Å². The lowest BCUT2D eigenvalue weighted by atomic mass is 9.90. The Labute approximate surface area is 152 Å². The van der Waals surface area contributed by atoms with Crippen molar-refractivity contribution in [2.45, 2.75) is 0 Å². The van der Waals surface area contributed by atoms with E-state index in [2.05, 4.69) is 0 Å². The van der Waals surface area contributed by atoms with Gasteiger partial charge in [-0.2, -0.15) is 0 Å². The molecule has 26 heavy (non-hydrogen) atoms. The molecule has 0 aliphatic rings. The average Bonchev–Trinajstić information content (AvgIpc) is 2.70. The number of aromatic hydroxyl groups is 1. The first-order valence-corrected chi connectivity index (χ1v) is 8.47. The molecular formula is C24H17FO. The van der Waals surface area contributed by atoms with Crippen molar-refractivity contribution in [2.75, 3.05) is 0 Å². The summed E-state index contributed by atoms with van der Waals surface area (Å²) < 4.78 is 13.3. The smallest absolute Gasteiger partial charge is 0.131 e. The second-order valence-corrected chi connectivity index (χ2v) is 6.12. The van der Waals surface area contributed by atoms with Gasteiger partial charge in [0.15, 0.2) is 0 Å².